The summed E-state index contributed by atoms with van der Waals surface area (Å²) < 4.78 is 18.2. The molecule has 172 valence electrons. The number of hydrogen-bond donors (Lipinski definition) is 2. The second kappa shape index (κ2) is 10.8. The first-order chi connectivity index (χ1) is 16.1. The first-order valence-corrected chi connectivity index (χ1v) is 11.1. The van der Waals surface area contributed by atoms with Crippen LogP contribution in [0.15, 0.2) is 60.8 Å². The van der Waals surface area contributed by atoms with Gasteiger partial charge >= 0.3 is 0 Å². The monoisotopic (exact) mass is 449 g/mol. The van der Waals surface area contributed by atoms with Crippen LogP contribution in [0, 0.1) is 11.7 Å². The zero-order valence-electron chi connectivity index (χ0n) is 18.6. The maximum absolute atomic E-state index is 13.0. The van der Waals surface area contributed by atoms with E-state index in [1.54, 1.807) is 25.4 Å². The number of rotatable bonds is 8. The van der Waals surface area contributed by atoms with Gasteiger partial charge in [-0.25, -0.2) is 9.37 Å². The highest BCUT2D eigenvalue weighted by molar-refractivity contribution is 5.79. The number of aromatic nitrogens is 2. The summed E-state index contributed by atoms with van der Waals surface area (Å²) in [5.41, 5.74) is 1.90. The lowest BCUT2D eigenvalue weighted by Crippen LogP contribution is -2.44. The number of nitrogens with one attached hydrogen (secondary N) is 2. The summed E-state index contributed by atoms with van der Waals surface area (Å²) in [7, 11) is 1.64. The lowest BCUT2D eigenvalue weighted by molar-refractivity contribution is -0.125. The summed E-state index contributed by atoms with van der Waals surface area (Å²) in [5, 5.41) is 6.30. The van der Waals surface area contributed by atoms with Crippen molar-refractivity contribution in [2.24, 2.45) is 5.92 Å². The summed E-state index contributed by atoms with van der Waals surface area (Å²) in [6.07, 6.45) is 4.13. The van der Waals surface area contributed by atoms with Crippen molar-refractivity contribution in [3.63, 3.8) is 0 Å². The Hall–Kier alpha value is -3.68. The van der Waals surface area contributed by atoms with Crippen LogP contribution in [0.3, 0.4) is 0 Å². The number of benzene rings is 2. The zero-order chi connectivity index (χ0) is 23.0. The highest BCUT2D eigenvalue weighted by atomic mass is 19.1. The molecule has 1 atom stereocenters. The Labute approximate surface area is 193 Å². The molecule has 2 aromatic carbocycles. The van der Waals surface area contributed by atoms with Gasteiger partial charge < -0.3 is 20.3 Å². The third kappa shape index (κ3) is 6.19. The highest BCUT2D eigenvalue weighted by Crippen LogP contribution is 2.23. The third-order valence-electron chi connectivity index (χ3n) is 5.71. The van der Waals surface area contributed by atoms with Crippen molar-refractivity contribution in [1.29, 1.82) is 0 Å². The summed E-state index contributed by atoms with van der Waals surface area (Å²) in [6, 6.07) is 15.8. The van der Waals surface area contributed by atoms with Crippen molar-refractivity contribution in [1.82, 2.24) is 15.3 Å². The molecule has 0 aliphatic carbocycles. The molecule has 1 unspecified atom stereocenters. The van der Waals surface area contributed by atoms with E-state index < -0.39 is 0 Å². The summed E-state index contributed by atoms with van der Waals surface area (Å²) in [6.45, 7) is 1.92. The average Bonchev–Trinajstić information content (AvgIpc) is 2.86. The van der Waals surface area contributed by atoms with Crippen LogP contribution in [0.2, 0.25) is 0 Å². The molecule has 1 aromatic heterocycles. The summed E-state index contributed by atoms with van der Waals surface area (Å²) in [5.74, 6) is 1.76. The Balaban J connectivity index is 1.32. The molecule has 3 aromatic rings. The molecule has 4 rings (SSSR count). The minimum absolute atomic E-state index is 0.0364. The molecule has 8 heteroatoms. The van der Waals surface area contributed by atoms with E-state index in [0.29, 0.717) is 31.3 Å². The Morgan fingerprint density at radius 1 is 1.15 bits per heavy atom. The Morgan fingerprint density at radius 3 is 2.70 bits per heavy atom. The topological polar surface area (TPSA) is 79.4 Å². The zero-order valence-corrected chi connectivity index (χ0v) is 18.6. The summed E-state index contributed by atoms with van der Waals surface area (Å²) >= 11 is 0. The molecule has 2 heterocycles. The maximum atomic E-state index is 13.0. The van der Waals surface area contributed by atoms with Gasteiger partial charge in [-0.15, -0.1) is 0 Å². The van der Waals surface area contributed by atoms with Gasteiger partial charge in [-0.3, -0.25) is 4.79 Å². The standard InChI is InChI=1S/C25H28FN5O2/c1-33-22-10-8-21(9-11-22)29-23-13-15-28-25(30-23)31-16-2-3-19(17-31)24(32)27-14-12-18-4-6-20(26)7-5-18/h4-11,13,15,19H,2-3,12,14,16-17H2,1H3,(H,27,32)(H,28,29,30). The average molecular weight is 450 g/mol. The molecule has 33 heavy (non-hydrogen) atoms. The first-order valence-electron chi connectivity index (χ1n) is 11.1. The fourth-order valence-corrected chi connectivity index (χ4v) is 3.89. The molecule has 1 aliphatic rings. The van der Waals surface area contributed by atoms with Gasteiger partial charge in [-0.05, 0) is 67.3 Å². The molecule has 7 nitrogen and oxygen atoms in total. The third-order valence-corrected chi connectivity index (χ3v) is 5.71. The van der Waals surface area contributed by atoms with Crippen LogP contribution in [0.5, 0.6) is 5.75 Å². The van der Waals surface area contributed by atoms with Crippen molar-refractivity contribution < 1.29 is 13.9 Å². The van der Waals surface area contributed by atoms with Gasteiger partial charge in [0.15, 0.2) is 0 Å². The van der Waals surface area contributed by atoms with Crippen LogP contribution < -0.4 is 20.3 Å². The maximum Gasteiger partial charge on any atom is 0.227 e. The van der Waals surface area contributed by atoms with Crippen molar-refractivity contribution in [3.8, 4) is 5.75 Å². The number of carbonyl (C=O) groups is 1. The van der Waals surface area contributed by atoms with Crippen LogP contribution in [-0.4, -0.2) is 42.6 Å². The molecule has 1 saturated heterocycles. The van der Waals surface area contributed by atoms with E-state index in [0.717, 1.165) is 36.4 Å². The second-order valence-electron chi connectivity index (χ2n) is 8.05. The quantitative estimate of drug-likeness (QED) is 0.542. The number of ether oxygens (including phenoxy) is 1. The largest absolute Gasteiger partial charge is 0.497 e. The number of methoxy groups -OCH3 is 1. The molecule has 0 saturated carbocycles. The van der Waals surface area contributed by atoms with E-state index in [-0.39, 0.29) is 17.6 Å². The van der Waals surface area contributed by atoms with Gasteiger partial charge in [0.05, 0.1) is 13.0 Å². The number of anilines is 3. The van der Waals surface area contributed by atoms with Gasteiger partial charge in [0.2, 0.25) is 11.9 Å². The van der Waals surface area contributed by atoms with Crippen molar-refractivity contribution >= 4 is 23.4 Å². The number of piperidine rings is 1. The number of hydrogen-bond acceptors (Lipinski definition) is 6. The smallest absolute Gasteiger partial charge is 0.227 e. The Bertz CT molecular complexity index is 1060. The van der Waals surface area contributed by atoms with E-state index in [4.69, 9.17) is 4.74 Å². The molecular formula is C25H28FN5O2. The normalized spacial score (nSPS) is 15.7. The lowest BCUT2D eigenvalue weighted by Gasteiger charge is -2.32. The van der Waals surface area contributed by atoms with Crippen LogP contribution in [0.1, 0.15) is 18.4 Å². The van der Waals surface area contributed by atoms with Crippen LogP contribution >= 0.6 is 0 Å². The molecule has 1 aliphatic heterocycles. The Kier molecular flexibility index (Phi) is 7.34. The molecular weight excluding hydrogens is 421 g/mol. The molecule has 0 radical (unpaired) electrons. The number of halogens is 1. The van der Waals surface area contributed by atoms with Crippen LogP contribution in [-0.2, 0) is 11.2 Å². The van der Waals surface area contributed by atoms with Gasteiger partial charge in [0, 0.05) is 31.5 Å². The first kappa shape index (κ1) is 22.5. The predicted octanol–water partition coefficient (Wildman–Crippen LogP) is 3.94. The highest BCUT2D eigenvalue weighted by Gasteiger charge is 2.27. The molecule has 2 N–H and O–H groups in total. The van der Waals surface area contributed by atoms with Gasteiger partial charge in [0.25, 0.3) is 0 Å². The van der Waals surface area contributed by atoms with Gasteiger partial charge in [0.1, 0.15) is 17.4 Å². The van der Waals surface area contributed by atoms with Crippen molar-refractivity contribution in [2.45, 2.75) is 19.3 Å². The summed E-state index contributed by atoms with van der Waals surface area (Å²) in [4.78, 5) is 23.9. The Morgan fingerprint density at radius 2 is 1.94 bits per heavy atom. The van der Waals surface area contributed by atoms with E-state index >= 15 is 0 Å². The van der Waals surface area contributed by atoms with Crippen LogP contribution in [0.4, 0.5) is 21.8 Å². The van der Waals surface area contributed by atoms with Crippen molar-refractivity contribution in [3.05, 3.63) is 72.2 Å². The number of amides is 1. The molecule has 1 fully saturated rings. The fraction of sp³-hybridized carbons (Fsp3) is 0.320. The van der Waals surface area contributed by atoms with E-state index in [1.807, 2.05) is 30.3 Å². The fourth-order valence-electron chi connectivity index (χ4n) is 3.89. The van der Waals surface area contributed by atoms with E-state index in [9.17, 15) is 9.18 Å². The van der Waals surface area contributed by atoms with E-state index in [1.165, 1.54) is 12.1 Å². The van der Waals surface area contributed by atoms with Crippen LogP contribution in [0.25, 0.3) is 0 Å². The lowest BCUT2D eigenvalue weighted by atomic mass is 9.97. The predicted molar refractivity (Wildman–Crippen MR) is 126 cm³/mol. The van der Waals surface area contributed by atoms with E-state index in [2.05, 4.69) is 25.5 Å². The minimum atomic E-state index is -0.254. The number of carbonyl (C=O) groups excluding carboxylic acids is 1. The second-order valence-corrected chi connectivity index (χ2v) is 8.05. The molecule has 0 spiro atoms. The SMILES string of the molecule is COc1ccc(Nc2ccnc(N3CCCC(C(=O)NCCc4ccc(F)cc4)C3)n2)cc1. The minimum Gasteiger partial charge on any atom is -0.497 e. The van der Waals surface area contributed by atoms with Gasteiger partial charge in [-0.2, -0.15) is 4.98 Å². The number of nitrogens with zero attached hydrogens (tertiary/aromatic N) is 3. The molecule has 0 bridgehead atoms. The molecule has 1 amide bonds. The van der Waals surface area contributed by atoms with Crippen molar-refractivity contribution in [2.75, 3.05) is 37.0 Å². The van der Waals surface area contributed by atoms with Gasteiger partial charge in [-0.1, -0.05) is 12.1 Å².